The molecular weight excluding hydrogens is 259 g/mol. The average molecular weight is 271 g/mol. The van der Waals surface area contributed by atoms with Crippen LogP contribution in [0, 0.1) is 5.92 Å². The summed E-state index contributed by atoms with van der Waals surface area (Å²) >= 11 is 0. The molecule has 0 aromatic heterocycles. The molecule has 1 saturated carbocycles. The summed E-state index contributed by atoms with van der Waals surface area (Å²) in [5.41, 5.74) is 0.0487. The van der Waals surface area contributed by atoms with Gasteiger partial charge in [0.15, 0.2) is 0 Å². The molecule has 3 nitrogen and oxygen atoms in total. The monoisotopic (exact) mass is 271 g/mol. The molecule has 102 valence electrons. The predicted molar refractivity (Wildman–Crippen MR) is 62.7 cm³/mol. The average Bonchev–Trinajstić information content (AvgIpc) is 2.36. The van der Waals surface area contributed by atoms with Gasteiger partial charge in [-0.1, -0.05) is 12.1 Å². The SMILES string of the molecule is CC1CCC1=NOC(=O)c1ccc(C(F)(F)F)cc1. The highest BCUT2D eigenvalue weighted by atomic mass is 19.4. The molecule has 1 aromatic rings. The van der Waals surface area contributed by atoms with Gasteiger partial charge in [0.25, 0.3) is 0 Å². The van der Waals surface area contributed by atoms with Crippen molar-refractivity contribution in [3.8, 4) is 0 Å². The maximum atomic E-state index is 12.3. The number of nitrogens with zero attached hydrogens (tertiary/aromatic N) is 1. The minimum Gasteiger partial charge on any atom is -0.313 e. The number of halogens is 3. The van der Waals surface area contributed by atoms with Crippen molar-refractivity contribution in [1.29, 1.82) is 0 Å². The Labute approximate surface area is 108 Å². The van der Waals surface area contributed by atoms with Crippen LogP contribution in [0.15, 0.2) is 29.4 Å². The minimum atomic E-state index is -4.41. The summed E-state index contributed by atoms with van der Waals surface area (Å²) < 4.78 is 37.0. The van der Waals surface area contributed by atoms with Crippen LogP contribution in [0.1, 0.15) is 35.7 Å². The molecule has 0 amide bonds. The highest BCUT2D eigenvalue weighted by molar-refractivity contribution is 5.93. The highest BCUT2D eigenvalue weighted by Crippen LogP contribution is 2.29. The van der Waals surface area contributed by atoms with Crippen molar-refractivity contribution in [3.63, 3.8) is 0 Å². The largest absolute Gasteiger partial charge is 0.416 e. The molecular formula is C13H12F3NO2. The molecule has 0 heterocycles. The molecule has 0 aliphatic heterocycles. The standard InChI is InChI=1S/C13H12F3NO2/c1-8-2-7-11(8)17-19-12(18)9-3-5-10(6-4-9)13(14,15)16/h3-6,8H,2,7H2,1H3. The van der Waals surface area contributed by atoms with Crippen molar-refractivity contribution in [3.05, 3.63) is 35.4 Å². The summed E-state index contributed by atoms with van der Waals surface area (Å²) in [4.78, 5) is 16.2. The summed E-state index contributed by atoms with van der Waals surface area (Å²) in [6.45, 7) is 1.97. The summed E-state index contributed by atoms with van der Waals surface area (Å²) in [6.07, 6.45) is -2.61. The lowest BCUT2D eigenvalue weighted by atomic mass is 9.85. The van der Waals surface area contributed by atoms with E-state index in [4.69, 9.17) is 4.84 Å². The summed E-state index contributed by atoms with van der Waals surface area (Å²) in [5, 5.41) is 3.70. The van der Waals surface area contributed by atoms with Crippen molar-refractivity contribution in [2.45, 2.75) is 25.9 Å². The van der Waals surface area contributed by atoms with Gasteiger partial charge in [0.05, 0.1) is 16.8 Å². The molecule has 6 heteroatoms. The Hall–Kier alpha value is -1.85. The summed E-state index contributed by atoms with van der Waals surface area (Å²) in [5.74, 6) is -0.444. The van der Waals surface area contributed by atoms with Gasteiger partial charge in [-0.05, 0) is 43.0 Å². The van der Waals surface area contributed by atoms with Gasteiger partial charge in [-0.2, -0.15) is 13.2 Å². The highest BCUT2D eigenvalue weighted by Gasteiger charge is 2.30. The van der Waals surface area contributed by atoms with Crippen molar-refractivity contribution in [1.82, 2.24) is 0 Å². The first-order valence-electron chi connectivity index (χ1n) is 5.83. The van der Waals surface area contributed by atoms with Crippen LogP contribution in [0.3, 0.4) is 0 Å². The zero-order valence-corrected chi connectivity index (χ0v) is 10.2. The number of hydrogen-bond donors (Lipinski definition) is 0. The van der Waals surface area contributed by atoms with Gasteiger partial charge in [0.1, 0.15) is 0 Å². The first-order chi connectivity index (χ1) is 8.88. The van der Waals surface area contributed by atoms with E-state index in [2.05, 4.69) is 5.16 Å². The van der Waals surface area contributed by atoms with E-state index in [1.165, 1.54) is 0 Å². The molecule has 1 unspecified atom stereocenters. The van der Waals surface area contributed by atoms with Crippen LogP contribution in [-0.4, -0.2) is 11.7 Å². The lowest BCUT2D eigenvalue weighted by molar-refractivity contribution is -0.137. The zero-order chi connectivity index (χ0) is 14.0. The van der Waals surface area contributed by atoms with Gasteiger partial charge in [-0.3, -0.25) is 0 Å². The fourth-order valence-corrected chi connectivity index (χ4v) is 1.65. The first kappa shape index (κ1) is 13.6. The molecule has 0 spiro atoms. The van der Waals surface area contributed by atoms with Crippen LogP contribution in [-0.2, 0) is 11.0 Å². The van der Waals surface area contributed by atoms with Crippen LogP contribution in [0.4, 0.5) is 13.2 Å². The fourth-order valence-electron chi connectivity index (χ4n) is 1.65. The van der Waals surface area contributed by atoms with Gasteiger partial charge < -0.3 is 4.84 Å². The van der Waals surface area contributed by atoms with Gasteiger partial charge in [0.2, 0.25) is 0 Å². The van der Waals surface area contributed by atoms with Crippen molar-refractivity contribution >= 4 is 11.7 Å². The third-order valence-electron chi connectivity index (χ3n) is 3.10. The molecule has 1 atom stereocenters. The second-order valence-corrected chi connectivity index (χ2v) is 4.48. The maximum Gasteiger partial charge on any atom is 0.416 e. The van der Waals surface area contributed by atoms with Crippen LogP contribution in [0.5, 0.6) is 0 Å². The van der Waals surface area contributed by atoms with Gasteiger partial charge >= 0.3 is 12.1 Å². The van der Waals surface area contributed by atoms with E-state index in [1.807, 2.05) is 6.92 Å². The number of hydrogen-bond acceptors (Lipinski definition) is 3. The molecule has 19 heavy (non-hydrogen) atoms. The normalized spacial score (nSPS) is 21.1. The lowest BCUT2D eigenvalue weighted by Crippen LogP contribution is -2.23. The number of carbonyl (C=O) groups excluding carboxylic acids is 1. The van der Waals surface area contributed by atoms with E-state index >= 15 is 0 Å². The van der Waals surface area contributed by atoms with Gasteiger partial charge in [0, 0.05) is 0 Å². The van der Waals surface area contributed by atoms with Crippen LogP contribution < -0.4 is 0 Å². The second kappa shape index (κ2) is 5.03. The van der Waals surface area contributed by atoms with E-state index in [-0.39, 0.29) is 5.56 Å². The number of oxime groups is 1. The smallest absolute Gasteiger partial charge is 0.313 e. The molecule has 1 aliphatic rings. The molecule has 0 N–H and O–H groups in total. The zero-order valence-electron chi connectivity index (χ0n) is 10.2. The summed E-state index contributed by atoms with van der Waals surface area (Å²) in [6, 6.07) is 3.84. The van der Waals surface area contributed by atoms with E-state index < -0.39 is 17.7 Å². The Balaban J connectivity index is 2.02. The third-order valence-corrected chi connectivity index (χ3v) is 3.10. The lowest BCUT2D eigenvalue weighted by Gasteiger charge is -2.22. The van der Waals surface area contributed by atoms with Crippen LogP contribution in [0.25, 0.3) is 0 Å². The number of carbonyl (C=O) groups is 1. The third kappa shape index (κ3) is 3.13. The maximum absolute atomic E-state index is 12.3. The van der Waals surface area contributed by atoms with Gasteiger partial charge in [-0.25, -0.2) is 4.79 Å². The second-order valence-electron chi connectivity index (χ2n) is 4.48. The minimum absolute atomic E-state index is 0.0457. The van der Waals surface area contributed by atoms with Crippen molar-refractivity contribution in [2.24, 2.45) is 11.1 Å². The van der Waals surface area contributed by atoms with Crippen molar-refractivity contribution in [2.75, 3.05) is 0 Å². The van der Waals surface area contributed by atoms with E-state index in [0.29, 0.717) is 5.92 Å². The topological polar surface area (TPSA) is 38.7 Å². The number of benzene rings is 1. The van der Waals surface area contributed by atoms with E-state index in [1.54, 1.807) is 0 Å². The Kier molecular flexibility index (Phi) is 3.59. The molecule has 0 radical (unpaired) electrons. The fraction of sp³-hybridized carbons (Fsp3) is 0.385. The molecule has 0 saturated heterocycles. The summed E-state index contributed by atoms with van der Waals surface area (Å²) in [7, 11) is 0. The van der Waals surface area contributed by atoms with Crippen LogP contribution >= 0.6 is 0 Å². The predicted octanol–water partition coefficient (Wildman–Crippen LogP) is 3.65. The van der Waals surface area contributed by atoms with Crippen molar-refractivity contribution < 1.29 is 22.8 Å². The Morgan fingerprint density at radius 3 is 2.37 bits per heavy atom. The van der Waals surface area contributed by atoms with E-state index in [0.717, 1.165) is 42.8 Å². The molecule has 2 rings (SSSR count). The first-order valence-corrected chi connectivity index (χ1v) is 5.83. The molecule has 1 aliphatic carbocycles. The number of alkyl halides is 3. The molecule has 0 bridgehead atoms. The Bertz CT molecular complexity index is 506. The van der Waals surface area contributed by atoms with Gasteiger partial charge in [-0.15, -0.1) is 0 Å². The molecule has 1 aromatic carbocycles. The Morgan fingerprint density at radius 2 is 1.95 bits per heavy atom. The van der Waals surface area contributed by atoms with E-state index in [9.17, 15) is 18.0 Å². The quantitative estimate of drug-likeness (QED) is 0.608. The Morgan fingerprint density at radius 1 is 1.32 bits per heavy atom. The molecule has 1 fully saturated rings. The number of rotatable bonds is 2. The van der Waals surface area contributed by atoms with Crippen LogP contribution in [0.2, 0.25) is 0 Å².